The van der Waals surface area contributed by atoms with E-state index in [0.717, 1.165) is 0 Å². The van der Waals surface area contributed by atoms with Crippen LogP contribution in [-0.4, -0.2) is 43.3 Å². The molecule has 3 rings (SSSR count). The van der Waals surface area contributed by atoms with Crippen molar-refractivity contribution in [3.8, 4) is 0 Å². The number of amides is 2. The van der Waals surface area contributed by atoms with Crippen molar-refractivity contribution in [1.82, 2.24) is 4.31 Å². The first-order chi connectivity index (χ1) is 14.2. The van der Waals surface area contributed by atoms with Gasteiger partial charge in [-0.05, 0) is 50.2 Å². The highest BCUT2D eigenvalue weighted by Crippen LogP contribution is 2.21. The average molecular weight is 429 g/mol. The van der Waals surface area contributed by atoms with Gasteiger partial charge in [0.15, 0.2) is 0 Å². The Morgan fingerprint density at radius 2 is 1.70 bits per heavy atom. The highest BCUT2D eigenvalue weighted by Gasteiger charge is 2.26. The van der Waals surface area contributed by atoms with E-state index in [1.807, 2.05) is 6.07 Å². The van der Waals surface area contributed by atoms with Crippen molar-refractivity contribution in [2.75, 3.05) is 17.4 Å². The molecular formula is C21H24N4O4S. The second kappa shape index (κ2) is 8.76. The Labute approximate surface area is 176 Å². The molecule has 0 saturated carbocycles. The van der Waals surface area contributed by atoms with Crippen molar-refractivity contribution in [2.24, 2.45) is 5.10 Å². The van der Waals surface area contributed by atoms with E-state index in [0.29, 0.717) is 11.4 Å². The number of carbonyl (C=O) groups is 2. The van der Waals surface area contributed by atoms with Crippen LogP contribution in [0.25, 0.3) is 0 Å². The number of benzene rings is 2. The molecule has 2 aromatic carbocycles. The molecule has 1 N–H and O–H groups in total. The van der Waals surface area contributed by atoms with E-state index < -0.39 is 15.9 Å². The van der Waals surface area contributed by atoms with Crippen LogP contribution in [-0.2, 0) is 19.6 Å². The topological polar surface area (TPSA) is 99.2 Å². The molecule has 0 unspecified atom stereocenters. The molecule has 0 aliphatic carbocycles. The monoisotopic (exact) mass is 428 g/mol. The number of hydrogen-bond donors (Lipinski definition) is 1. The van der Waals surface area contributed by atoms with Crippen LogP contribution in [0.1, 0.15) is 26.7 Å². The molecule has 1 aliphatic rings. The molecule has 0 atom stereocenters. The van der Waals surface area contributed by atoms with E-state index in [1.54, 1.807) is 38.1 Å². The van der Waals surface area contributed by atoms with E-state index in [2.05, 4.69) is 10.4 Å². The van der Waals surface area contributed by atoms with Crippen LogP contribution in [0.2, 0.25) is 0 Å². The minimum atomic E-state index is -3.60. The Bertz CT molecular complexity index is 1060. The third-order valence-corrected chi connectivity index (χ3v) is 6.86. The maximum absolute atomic E-state index is 12.6. The molecule has 1 heterocycles. The average Bonchev–Trinajstić information content (AvgIpc) is 2.74. The molecule has 0 bridgehead atoms. The molecule has 0 saturated heterocycles. The maximum Gasteiger partial charge on any atom is 0.271 e. The van der Waals surface area contributed by atoms with Crippen LogP contribution in [0.3, 0.4) is 0 Å². The van der Waals surface area contributed by atoms with Crippen molar-refractivity contribution < 1.29 is 18.0 Å². The summed E-state index contributed by atoms with van der Waals surface area (Å²) < 4.78 is 26.4. The van der Waals surface area contributed by atoms with E-state index in [4.69, 9.17) is 0 Å². The summed E-state index contributed by atoms with van der Waals surface area (Å²) in [6, 6.07) is 14.7. The number of para-hydroxylation sites is 1. The van der Waals surface area contributed by atoms with Crippen molar-refractivity contribution in [1.29, 1.82) is 0 Å². The van der Waals surface area contributed by atoms with Gasteiger partial charge in [0.05, 0.1) is 10.6 Å². The Hall–Kier alpha value is -3.04. The van der Waals surface area contributed by atoms with Crippen LogP contribution in [0, 0.1) is 0 Å². The van der Waals surface area contributed by atoms with Crippen molar-refractivity contribution in [2.45, 2.75) is 37.6 Å². The number of hydrogen-bond acceptors (Lipinski definition) is 5. The van der Waals surface area contributed by atoms with E-state index in [-0.39, 0.29) is 35.4 Å². The molecule has 30 heavy (non-hydrogen) atoms. The van der Waals surface area contributed by atoms with Gasteiger partial charge in [-0.25, -0.2) is 13.4 Å². The van der Waals surface area contributed by atoms with Crippen LogP contribution in [0.15, 0.2) is 64.6 Å². The summed E-state index contributed by atoms with van der Waals surface area (Å²) in [7, 11) is -2.07. The summed E-state index contributed by atoms with van der Waals surface area (Å²) in [5.41, 5.74) is 1.27. The smallest absolute Gasteiger partial charge is 0.271 e. The van der Waals surface area contributed by atoms with Gasteiger partial charge in [-0.3, -0.25) is 9.59 Å². The van der Waals surface area contributed by atoms with Gasteiger partial charge in [-0.15, -0.1) is 0 Å². The molecule has 1 aliphatic heterocycles. The number of carbonyl (C=O) groups excluding carboxylic acids is 2. The lowest BCUT2D eigenvalue weighted by Gasteiger charge is -2.23. The van der Waals surface area contributed by atoms with Gasteiger partial charge in [0.2, 0.25) is 15.9 Å². The highest BCUT2D eigenvalue weighted by atomic mass is 32.2. The summed E-state index contributed by atoms with van der Waals surface area (Å²) >= 11 is 0. The fraction of sp³-hybridized carbons (Fsp3) is 0.286. The second-order valence-corrected chi connectivity index (χ2v) is 9.18. The molecule has 158 valence electrons. The second-order valence-electron chi connectivity index (χ2n) is 7.18. The summed E-state index contributed by atoms with van der Waals surface area (Å²) in [5, 5.41) is 8.16. The first-order valence-electron chi connectivity index (χ1n) is 9.55. The summed E-state index contributed by atoms with van der Waals surface area (Å²) in [4.78, 5) is 25.0. The summed E-state index contributed by atoms with van der Waals surface area (Å²) in [5.74, 6) is -0.611. The fourth-order valence-electron chi connectivity index (χ4n) is 2.84. The van der Waals surface area contributed by atoms with Gasteiger partial charge in [0.1, 0.15) is 5.71 Å². The Morgan fingerprint density at radius 1 is 1.07 bits per heavy atom. The molecule has 2 amide bonds. The quantitative estimate of drug-likeness (QED) is 0.765. The highest BCUT2D eigenvalue weighted by molar-refractivity contribution is 7.89. The third kappa shape index (κ3) is 4.58. The fourth-order valence-corrected chi connectivity index (χ4v) is 4.21. The normalized spacial score (nSPS) is 14.8. The molecule has 0 aromatic heterocycles. The first kappa shape index (κ1) is 21.7. The standard InChI is InChI=1S/C21H24N4O4S/c1-15(2)24(3)30(28,29)18-11-9-16(10-12-18)22-21(27)19-13-14-20(26)25(23-19)17-7-5-4-6-8-17/h4-12,15H,13-14H2,1-3H3,(H,22,27). The third-order valence-electron chi connectivity index (χ3n) is 4.81. The molecule has 0 radical (unpaired) electrons. The number of anilines is 2. The number of hydrazone groups is 1. The number of nitrogens with one attached hydrogen (secondary N) is 1. The van der Waals surface area contributed by atoms with E-state index in [9.17, 15) is 18.0 Å². The SMILES string of the molecule is CC(C)N(C)S(=O)(=O)c1ccc(NC(=O)C2=NN(c3ccccc3)C(=O)CC2)cc1. The first-order valence-corrected chi connectivity index (χ1v) is 11.0. The lowest BCUT2D eigenvalue weighted by molar-refractivity contribution is -0.118. The molecular weight excluding hydrogens is 404 g/mol. The lowest BCUT2D eigenvalue weighted by atomic mass is 10.1. The zero-order chi connectivity index (χ0) is 21.9. The number of sulfonamides is 1. The Kier molecular flexibility index (Phi) is 6.33. The van der Waals surface area contributed by atoms with Crippen LogP contribution in [0.4, 0.5) is 11.4 Å². The predicted octanol–water partition coefficient (Wildman–Crippen LogP) is 2.84. The van der Waals surface area contributed by atoms with Gasteiger partial charge < -0.3 is 5.32 Å². The van der Waals surface area contributed by atoms with Gasteiger partial charge in [-0.1, -0.05) is 18.2 Å². The minimum Gasteiger partial charge on any atom is -0.321 e. The lowest BCUT2D eigenvalue weighted by Crippen LogP contribution is -2.36. The molecule has 9 heteroatoms. The van der Waals surface area contributed by atoms with Crippen LogP contribution in [0.5, 0.6) is 0 Å². The molecule has 8 nitrogen and oxygen atoms in total. The maximum atomic E-state index is 12.6. The zero-order valence-electron chi connectivity index (χ0n) is 17.1. The van der Waals surface area contributed by atoms with Crippen LogP contribution >= 0.6 is 0 Å². The number of nitrogens with zero attached hydrogens (tertiary/aromatic N) is 3. The summed E-state index contributed by atoms with van der Waals surface area (Å²) in [6.07, 6.45) is 0.416. The Balaban J connectivity index is 1.75. The van der Waals surface area contributed by atoms with Crippen molar-refractivity contribution in [3.05, 3.63) is 54.6 Å². The zero-order valence-corrected chi connectivity index (χ0v) is 17.9. The van der Waals surface area contributed by atoms with E-state index in [1.165, 1.54) is 40.6 Å². The number of rotatable bonds is 6. The van der Waals surface area contributed by atoms with E-state index >= 15 is 0 Å². The van der Waals surface area contributed by atoms with Crippen LogP contribution < -0.4 is 10.3 Å². The predicted molar refractivity (Wildman–Crippen MR) is 116 cm³/mol. The van der Waals surface area contributed by atoms with Gasteiger partial charge in [0.25, 0.3) is 5.91 Å². The van der Waals surface area contributed by atoms with Gasteiger partial charge in [0, 0.05) is 31.6 Å². The largest absolute Gasteiger partial charge is 0.321 e. The minimum absolute atomic E-state index is 0.146. The summed E-state index contributed by atoms with van der Waals surface area (Å²) in [6.45, 7) is 3.58. The molecule has 2 aromatic rings. The van der Waals surface area contributed by atoms with Crippen molar-refractivity contribution in [3.63, 3.8) is 0 Å². The molecule has 0 fully saturated rings. The van der Waals surface area contributed by atoms with Gasteiger partial charge >= 0.3 is 0 Å². The molecule has 0 spiro atoms. The Morgan fingerprint density at radius 3 is 2.30 bits per heavy atom. The van der Waals surface area contributed by atoms with Gasteiger partial charge in [-0.2, -0.15) is 9.41 Å². The van der Waals surface area contributed by atoms with Crippen molar-refractivity contribution >= 4 is 38.9 Å².